The highest BCUT2D eigenvalue weighted by molar-refractivity contribution is 7.09. The van der Waals surface area contributed by atoms with E-state index in [2.05, 4.69) is 5.32 Å². The monoisotopic (exact) mass is 445 g/mol. The molecule has 0 spiro atoms. The summed E-state index contributed by atoms with van der Waals surface area (Å²) in [5.41, 5.74) is 1.02. The van der Waals surface area contributed by atoms with Gasteiger partial charge in [-0.3, -0.25) is 9.59 Å². The number of hydrogen-bond acceptors (Lipinski definition) is 5. The molecule has 1 N–H and O–H groups in total. The molecule has 2 rings (SSSR count). The van der Waals surface area contributed by atoms with E-state index < -0.39 is 12.0 Å². The van der Waals surface area contributed by atoms with E-state index in [1.807, 2.05) is 61.7 Å². The number of nitrogens with zero attached hydrogens (tertiary/aromatic N) is 2. The van der Waals surface area contributed by atoms with E-state index in [0.29, 0.717) is 19.5 Å². The number of benzene rings is 1. The Hall–Kier alpha value is -2.87. The molecule has 0 aliphatic carbocycles. The van der Waals surface area contributed by atoms with Crippen LogP contribution in [0.5, 0.6) is 0 Å². The molecule has 1 aromatic carbocycles. The number of ether oxygens (including phenoxy) is 1. The number of rotatable bonds is 11. The maximum Gasteiger partial charge on any atom is 0.325 e. The van der Waals surface area contributed by atoms with Gasteiger partial charge in [-0.2, -0.15) is 0 Å². The fourth-order valence-corrected chi connectivity index (χ4v) is 3.70. The van der Waals surface area contributed by atoms with E-state index in [-0.39, 0.29) is 31.6 Å². The van der Waals surface area contributed by atoms with E-state index >= 15 is 0 Å². The second kappa shape index (κ2) is 12.7. The SMILES string of the molecule is CCOC(=O)CNC(=O)N(CC(=O)N(Cc1ccccc1)Cc1cccs1)C(C)CC. The van der Waals surface area contributed by atoms with Crippen LogP contribution in [0, 0.1) is 0 Å². The zero-order chi connectivity index (χ0) is 22.6. The van der Waals surface area contributed by atoms with Crippen molar-refractivity contribution in [2.75, 3.05) is 19.7 Å². The van der Waals surface area contributed by atoms with Gasteiger partial charge in [0.15, 0.2) is 0 Å². The van der Waals surface area contributed by atoms with Crippen molar-refractivity contribution >= 4 is 29.2 Å². The average Bonchev–Trinajstić information content (AvgIpc) is 3.29. The predicted molar refractivity (Wildman–Crippen MR) is 122 cm³/mol. The first-order valence-electron chi connectivity index (χ1n) is 10.5. The Morgan fingerprint density at radius 3 is 2.42 bits per heavy atom. The number of urea groups is 1. The minimum absolute atomic E-state index is 0.0676. The van der Waals surface area contributed by atoms with E-state index in [1.54, 1.807) is 23.2 Å². The van der Waals surface area contributed by atoms with Gasteiger partial charge in [-0.1, -0.05) is 43.3 Å². The molecule has 0 saturated carbocycles. The summed E-state index contributed by atoms with van der Waals surface area (Å²) in [6.07, 6.45) is 0.684. The van der Waals surface area contributed by atoms with Crippen molar-refractivity contribution < 1.29 is 19.1 Å². The lowest BCUT2D eigenvalue weighted by molar-refractivity contribution is -0.141. The first-order chi connectivity index (χ1) is 14.9. The fourth-order valence-electron chi connectivity index (χ4n) is 2.98. The first-order valence-corrected chi connectivity index (χ1v) is 11.4. The molecule has 1 unspecified atom stereocenters. The lowest BCUT2D eigenvalue weighted by Crippen LogP contribution is -2.51. The van der Waals surface area contributed by atoms with Gasteiger partial charge in [0.25, 0.3) is 0 Å². The Kier molecular flexibility index (Phi) is 10.0. The van der Waals surface area contributed by atoms with Crippen LogP contribution in [0.2, 0.25) is 0 Å². The molecule has 8 heteroatoms. The van der Waals surface area contributed by atoms with Gasteiger partial charge in [0.05, 0.1) is 13.2 Å². The molecule has 1 atom stereocenters. The van der Waals surface area contributed by atoms with Crippen LogP contribution in [0.15, 0.2) is 47.8 Å². The Morgan fingerprint density at radius 1 is 1.06 bits per heavy atom. The summed E-state index contributed by atoms with van der Waals surface area (Å²) in [7, 11) is 0. The molecule has 1 aromatic heterocycles. The maximum atomic E-state index is 13.3. The summed E-state index contributed by atoms with van der Waals surface area (Å²) < 4.78 is 4.86. The minimum atomic E-state index is -0.505. The topological polar surface area (TPSA) is 79.0 Å². The lowest BCUT2D eigenvalue weighted by Gasteiger charge is -2.31. The van der Waals surface area contributed by atoms with Crippen molar-refractivity contribution in [3.8, 4) is 0 Å². The van der Waals surface area contributed by atoms with Crippen molar-refractivity contribution in [2.45, 2.75) is 46.3 Å². The number of amides is 3. The molecule has 2 aromatic rings. The molecule has 31 heavy (non-hydrogen) atoms. The summed E-state index contributed by atoms with van der Waals surface area (Å²) >= 11 is 1.59. The zero-order valence-electron chi connectivity index (χ0n) is 18.4. The summed E-state index contributed by atoms with van der Waals surface area (Å²) in [6.45, 7) is 6.43. The molecule has 0 aliphatic heterocycles. The van der Waals surface area contributed by atoms with Crippen LogP contribution in [-0.2, 0) is 27.4 Å². The van der Waals surface area contributed by atoms with Crippen molar-refractivity contribution in [3.05, 3.63) is 58.3 Å². The number of carbonyl (C=O) groups excluding carboxylic acids is 3. The number of nitrogens with one attached hydrogen (secondary N) is 1. The predicted octanol–water partition coefficient (Wildman–Crippen LogP) is 3.65. The molecule has 0 fully saturated rings. The van der Waals surface area contributed by atoms with Crippen LogP contribution in [-0.4, -0.2) is 53.4 Å². The van der Waals surface area contributed by atoms with Crippen LogP contribution in [0.4, 0.5) is 4.79 Å². The lowest BCUT2D eigenvalue weighted by atomic mass is 10.2. The highest BCUT2D eigenvalue weighted by atomic mass is 32.1. The van der Waals surface area contributed by atoms with Gasteiger partial charge in [0, 0.05) is 17.5 Å². The Balaban J connectivity index is 2.11. The first kappa shape index (κ1) is 24.4. The summed E-state index contributed by atoms with van der Waals surface area (Å²) in [5, 5.41) is 4.55. The summed E-state index contributed by atoms with van der Waals surface area (Å²) in [4.78, 5) is 41.9. The normalized spacial score (nSPS) is 11.5. The van der Waals surface area contributed by atoms with Gasteiger partial charge in [-0.15, -0.1) is 11.3 Å². The van der Waals surface area contributed by atoms with Crippen LogP contribution >= 0.6 is 11.3 Å². The van der Waals surface area contributed by atoms with Gasteiger partial charge < -0.3 is 19.9 Å². The molecular formula is C23H31N3O4S. The van der Waals surface area contributed by atoms with Crippen molar-refractivity contribution in [1.82, 2.24) is 15.1 Å². The van der Waals surface area contributed by atoms with Gasteiger partial charge in [-0.05, 0) is 37.3 Å². The molecule has 0 bridgehead atoms. The third-order valence-corrected chi connectivity index (χ3v) is 5.74. The second-order valence-electron chi connectivity index (χ2n) is 7.16. The van der Waals surface area contributed by atoms with E-state index in [9.17, 15) is 14.4 Å². The fraction of sp³-hybridized carbons (Fsp3) is 0.435. The molecule has 3 amide bonds. The van der Waals surface area contributed by atoms with Gasteiger partial charge in [0.1, 0.15) is 13.1 Å². The Bertz CT molecular complexity index is 827. The third-order valence-electron chi connectivity index (χ3n) is 4.87. The maximum absolute atomic E-state index is 13.3. The summed E-state index contributed by atoms with van der Waals surface area (Å²) in [5.74, 6) is -0.654. The number of esters is 1. The van der Waals surface area contributed by atoms with E-state index in [4.69, 9.17) is 4.74 Å². The zero-order valence-corrected chi connectivity index (χ0v) is 19.2. The van der Waals surface area contributed by atoms with Crippen LogP contribution in [0.25, 0.3) is 0 Å². The largest absolute Gasteiger partial charge is 0.465 e. The van der Waals surface area contributed by atoms with Crippen molar-refractivity contribution in [1.29, 1.82) is 0 Å². The molecule has 168 valence electrons. The molecule has 7 nitrogen and oxygen atoms in total. The highest BCUT2D eigenvalue weighted by Crippen LogP contribution is 2.16. The Morgan fingerprint density at radius 2 is 1.81 bits per heavy atom. The van der Waals surface area contributed by atoms with Crippen molar-refractivity contribution in [2.24, 2.45) is 0 Å². The van der Waals surface area contributed by atoms with Crippen LogP contribution < -0.4 is 5.32 Å². The molecule has 0 aliphatic rings. The van der Waals surface area contributed by atoms with Crippen LogP contribution in [0.3, 0.4) is 0 Å². The quantitative estimate of drug-likeness (QED) is 0.536. The molecular weight excluding hydrogens is 414 g/mol. The Labute approximate surface area is 188 Å². The second-order valence-corrected chi connectivity index (χ2v) is 8.20. The van der Waals surface area contributed by atoms with Crippen LogP contribution in [0.1, 0.15) is 37.6 Å². The smallest absolute Gasteiger partial charge is 0.325 e. The molecule has 0 saturated heterocycles. The molecule has 0 radical (unpaired) electrons. The number of carbonyl (C=O) groups is 3. The standard InChI is InChI=1S/C23H31N3O4S/c1-4-18(3)26(23(29)24-14-22(28)30-5-2)17-21(27)25(16-20-12-9-13-31-20)15-19-10-7-6-8-11-19/h6-13,18H,4-5,14-17H2,1-3H3,(H,24,29). The van der Waals surface area contributed by atoms with E-state index in [1.165, 1.54) is 4.90 Å². The van der Waals surface area contributed by atoms with Gasteiger partial charge in [-0.25, -0.2) is 4.79 Å². The number of thiophene rings is 1. The molecule has 1 heterocycles. The summed E-state index contributed by atoms with van der Waals surface area (Å²) in [6, 6.07) is 13.1. The highest BCUT2D eigenvalue weighted by Gasteiger charge is 2.25. The van der Waals surface area contributed by atoms with Gasteiger partial charge >= 0.3 is 12.0 Å². The van der Waals surface area contributed by atoms with E-state index in [0.717, 1.165) is 10.4 Å². The minimum Gasteiger partial charge on any atom is -0.465 e. The average molecular weight is 446 g/mol. The van der Waals surface area contributed by atoms with Crippen molar-refractivity contribution in [3.63, 3.8) is 0 Å². The van der Waals surface area contributed by atoms with Gasteiger partial charge in [0.2, 0.25) is 5.91 Å². The third kappa shape index (κ3) is 8.05. The number of hydrogen-bond donors (Lipinski definition) is 1.